The Labute approximate surface area is 147 Å². The smallest absolute Gasteiger partial charge is 0.227 e. The lowest BCUT2D eigenvalue weighted by molar-refractivity contribution is -0.131. The van der Waals surface area contributed by atoms with Gasteiger partial charge in [-0.25, -0.2) is 0 Å². The Hall–Kier alpha value is -1.23. The summed E-state index contributed by atoms with van der Waals surface area (Å²) < 4.78 is 12.2. The van der Waals surface area contributed by atoms with E-state index in [1.807, 2.05) is 30.9 Å². The van der Waals surface area contributed by atoms with E-state index in [0.717, 1.165) is 41.9 Å². The number of nitrogens with zero attached hydrogens (tertiary/aromatic N) is 1. The van der Waals surface area contributed by atoms with Gasteiger partial charge in [0.2, 0.25) is 5.91 Å². The van der Waals surface area contributed by atoms with Crippen molar-refractivity contribution in [2.45, 2.75) is 40.0 Å². The Morgan fingerprint density at radius 2 is 1.74 bits per heavy atom. The number of hydrogen-bond donors (Lipinski definition) is 0. The first-order chi connectivity index (χ1) is 11.0. The maximum Gasteiger partial charge on any atom is 0.227 e. The van der Waals surface area contributed by atoms with E-state index in [9.17, 15) is 4.79 Å². The summed E-state index contributed by atoms with van der Waals surface area (Å²) >= 11 is 3.56. The molecule has 1 saturated heterocycles. The largest absolute Gasteiger partial charge is 0.490 e. The second-order valence-electron chi connectivity index (χ2n) is 6.00. The number of halogens is 1. The number of carbonyl (C=O) groups excluding carboxylic acids is 1. The van der Waals surface area contributed by atoms with Crippen molar-refractivity contribution in [3.63, 3.8) is 0 Å². The third-order valence-corrected chi connectivity index (χ3v) is 4.93. The molecule has 0 bridgehead atoms. The number of carbonyl (C=O) groups is 1. The molecule has 1 aromatic rings. The summed E-state index contributed by atoms with van der Waals surface area (Å²) in [6.07, 6.45) is 2.59. The molecule has 0 N–H and O–H groups in total. The lowest BCUT2D eigenvalue weighted by Crippen LogP contribution is -2.38. The maximum absolute atomic E-state index is 12.5. The van der Waals surface area contributed by atoms with E-state index in [2.05, 4.69) is 22.9 Å². The van der Waals surface area contributed by atoms with Crippen LogP contribution >= 0.6 is 15.9 Å². The van der Waals surface area contributed by atoms with E-state index in [-0.39, 0.29) is 5.91 Å². The summed E-state index contributed by atoms with van der Waals surface area (Å²) in [7, 11) is 0. The van der Waals surface area contributed by atoms with Gasteiger partial charge in [0.1, 0.15) is 0 Å². The first kappa shape index (κ1) is 18.1. The average Bonchev–Trinajstić information content (AvgIpc) is 2.52. The summed E-state index contributed by atoms with van der Waals surface area (Å²) in [5, 5.41) is 0. The highest BCUT2D eigenvalue weighted by atomic mass is 79.9. The minimum Gasteiger partial charge on any atom is -0.490 e. The van der Waals surface area contributed by atoms with Crippen molar-refractivity contribution in [2.24, 2.45) is 5.92 Å². The SMILES string of the molecule is CCOc1cc(Br)c(CC(=O)N2CCC(C)CC2)cc1OCC. The summed E-state index contributed by atoms with van der Waals surface area (Å²) in [4.78, 5) is 14.5. The minimum absolute atomic E-state index is 0.184. The molecule has 1 heterocycles. The van der Waals surface area contributed by atoms with E-state index in [4.69, 9.17) is 9.47 Å². The molecule has 1 amide bonds. The van der Waals surface area contributed by atoms with Gasteiger partial charge in [0.15, 0.2) is 11.5 Å². The van der Waals surface area contributed by atoms with Crippen LogP contribution in [0.2, 0.25) is 0 Å². The highest BCUT2D eigenvalue weighted by Gasteiger charge is 2.21. The van der Waals surface area contributed by atoms with Crippen molar-refractivity contribution in [1.29, 1.82) is 0 Å². The van der Waals surface area contributed by atoms with Gasteiger partial charge in [-0.1, -0.05) is 22.9 Å². The molecule has 1 aliphatic rings. The van der Waals surface area contributed by atoms with Gasteiger partial charge in [-0.2, -0.15) is 0 Å². The Kier molecular flexibility index (Phi) is 6.75. The van der Waals surface area contributed by atoms with Gasteiger partial charge in [0.05, 0.1) is 19.6 Å². The molecule has 2 rings (SSSR count). The molecule has 128 valence electrons. The van der Waals surface area contributed by atoms with Crippen LogP contribution in [-0.4, -0.2) is 37.1 Å². The number of hydrogen-bond acceptors (Lipinski definition) is 3. The zero-order chi connectivity index (χ0) is 16.8. The highest BCUT2D eigenvalue weighted by molar-refractivity contribution is 9.10. The Balaban J connectivity index is 2.12. The van der Waals surface area contributed by atoms with Crippen molar-refractivity contribution in [3.8, 4) is 11.5 Å². The zero-order valence-corrected chi connectivity index (χ0v) is 15.8. The van der Waals surface area contributed by atoms with E-state index in [0.29, 0.717) is 31.1 Å². The molecule has 1 fully saturated rings. The number of piperidine rings is 1. The minimum atomic E-state index is 0.184. The quantitative estimate of drug-likeness (QED) is 0.743. The van der Waals surface area contributed by atoms with Crippen LogP contribution in [-0.2, 0) is 11.2 Å². The van der Waals surface area contributed by atoms with Gasteiger partial charge in [-0.15, -0.1) is 0 Å². The molecule has 0 spiro atoms. The van der Waals surface area contributed by atoms with Crippen LogP contribution in [0.3, 0.4) is 0 Å². The summed E-state index contributed by atoms with van der Waals surface area (Å²) in [6, 6.07) is 3.82. The zero-order valence-electron chi connectivity index (χ0n) is 14.2. The molecular weight excluding hydrogens is 358 g/mol. The average molecular weight is 384 g/mol. The Morgan fingerprint density at radius 1 is 1.17 bits per heavy atom. The normalized spacial score (nSPS) is 15.6. The van der Waals surface area contributed by atoms with Crippen LogP contribution in [0.5, 0.6) is 11.5 Å². The van der Waals surface area contributed by atoms with Crippen molar-refractivity contribution >= 4 is 21.8 Å². The van der Waals surface area contributed by atoms with Gasteiger partial charge in [-0.05, 0) is 50.3 Å². The second kappa shape index (κ2) is 8.57. The van der Waals surface area contributed by atoms with Crippen LogP contribution in [0.25, 0.3) is 0 Å². The second-order valence-corrected chi connectivity index (χ2v) is 6.85. The van der Waals surface area contributed by atoms with E-state index in [1.54, 1.807) is 0 Å². The highest BCUT2D eigenvalue weighted by Crippen LogP contribution is 2.34. The molecule has 4 nitrogen and oxygen atoms in total. The molecule has 1 aliphatic heterocycles. The predicted octanol–water partition coefficient (Wildman–Crippen LogP) is 4.05. The fourth-order valence-electron chi connectivity index (χ4n) is 2.78. The third kappa shape index (κ3) is 4.87. The molecule has 0 saturated carbocycles. The maximum atomic E-state index is 12.5. The number of rotatable bonds is 6. The van der Waals surface area contributed by atoms with Gasteiger partial charge in [0.25, 0.3) is 0 Å². The molecule has 0 radical (unpaired) electrons. The Morgan fingerprint density at radius 3 is 2.30 bits per heavy atom. The summed E-state index contributed by atoms with van der Waals surface area (Å²) in [6.45, 7) is 9.02. The fourth-order valence-corrected chi connectivity index (χ4v) is 3.24. The summed E-state index contributed by atoms with van der Waals surface area (Å²) in [5.74, 6) is 2.32. The van der Waals surface area contributed by atoms with Crippen molar-refractivity contribution in [1.82, 2.24) is 4.90 Å². The molecule has 23 heavy (non-hydrogen) atoms. The van der Waals surface area contributed by atoms with Crippen molar-refractivity contribution in [2.75, 3.05) is 26.3 Å². The predicted molar refractivity (Wildman–Crippen MR) is 95.2 cm³/mol. The van der Waals surface area contributed by atoms with Crippen LogP contribution in [0.4, 0.5) is 0 Å². The van der Waals surface area contributed by atoms with Gasteiger partial charge >= 0.3 is 0 Å². The van der Waals surface area contributed by atoms with E-state index >= 15 is 0 Å². The topological polar surface area (TPSA) is 38.8 Å². The van der Waals surface area contributed by atoms with Crippen LogP contribution < -0.4 is 9.47 Å². The van der Waals surface area contributed by atoms with Crippen molar-refractivity contribution in [3.05, 3.63) is 22.2 Å². The monoisotopic (exact) mass is 383 g/mol. The van der Waals surface area contributed by atoms with Gasteiger partial charge < -0.3 is 14.4 Å². The first-order valence-electron chi connectivity index (χ1n) is 8.40. The molecule has 0 aliphatic carbocycles. The van der Waals surface area contributed by atoms with Crippen LogP contribution in [0.15, 0.2) is 16.6 Å². The number of amides is 1. The molecule has 0 aromatic heterocycles. The lowest BCUT2D eigenvalue weighted by atomic mass is 9.98. The first-order valence-corrected chi connectivity index (χ1v) is 9.20. The fraction of sp³-hybridized carbons (Fsp3) is 0.611. The van der Waals surface area contributed by atoms with Crippen LogP contribution in [0.1, 0.15) is 39.2 Å². The van der Waals surface area contributed by atoms with Crippen LogP contribution in [0, 0.1) is 5.92 Å². The number of ether oxygens (including phenoxy) is 2. The molecule has 0 unspecified atom stereocenters. The molecule has 5 heteroatoms. The van der Waals surface area contributed by atoms with Crippen molar-refractivity contribution < 1.29 is 14.3 Å². The van der Waals surface area contributed by atoms with Gasteiger partial charge in [0, 0.05) is 17.6 Å². The number of likely N-dealkylation sites (tertiary alicyclic amines) is 1. The Bertz CT molecular complexity index is 539. The van der Waals surface area contributed by atoms with E-state index < -0.39 is 0 Å². The number of benzene rings is 1. The third-order valence-electron chi connectivity index (χ3n) is 4.19. The molecular formula is C18H26BrNO3. The van der Waals surface area contributed by atoms with E-state index in [1.165, 1.54) is 0 Å². The summed E-state index contributed by atoms with van der Waals surface area (Å²) in [5.41, 5.74) is 0.945. The molecule has 0 atom stereocenters. The standard InChI is InChI=1S/C18H26BrNO3/c1-4-22-16-10-14(15(19)12-17(16)23-5-2)11-18(21)20-8-6-13(3)7-9-20/h10,12-13H,4-9,11H2,1-3H3. The van der Waals surface area contributed by atoms with Gasteiger partial charge in [-0.3, -0.25) is 4.79 Å². The lowest BCUT2D eigenvalue weighted by Gasteiger charge is -2.30. The molecule has 1 aromatic carbocycles.